The predicted octanol–water partition coefficient (Wildman–Crippen LogP) is 2.47. The third-order valence-corrected chi connectivity index (χ3v) is 3.02. The first-order chi connectivity index (χ1) is 9.75. The number of aromatic nitrogens is 1. The first kappa shape index (κ1) is 14.1. The van der Waals surface area contributed by atoms with E-state index in [2.05, 4.69) is 10.3 Å². The van der Waals surface area contributed by atoms with Crippen LogP contribution in [-0.2, 0) is 13.0 Å². The molecule has 0 saturated heterocycles. The van der Waals surface area contributed by atoms with Crippen molar-refractivity contribution in [1.29, 1.82) is 0 Å². The van der Waals surface area contributed by atoms with Gasteiger partial charge < -0.3 is 10.2 Å². The van der Waals surface area contributed by atoms with E-state index in [4.69, 9.17) is 0 Å². The minimum absolute atomic E-state index is 0.0576. The van der Waals surface area contributed by atoms with E-state index in [0.29, 0.717) is 13.1 Å². The van der Waals surface area contributed by atoms with Crippen LogP contribution in [-0.4, -0.2) is 29.5 Å². The lowest BCUT2D eigenvalue weighted by Gasteiger charge is -2.18. The molecule has 0 aliphatic rings. The Morgan fingerprint density at radius 2 is 1.90 bits per heavy atom. The zero-order valence-corrected chi connectivity index (χ0v) is 11.6. The Labute approximate surface area is 119 Å². The number of nitrogens with one attached hydrogen (secondary N) is 1. The lowest BCUT2D eigenvalue weighted by Crippen LogP contribution is -2.37. The standard InChI is InChI=1S/C16H19N3O/c1-19(13-15-6-3-2-4-7-15)16(20)18-11-9-14-8-5-10-17-12-14/h2-8,10,12H,9,11,13H2,1H3,(H,18,20). The average molecular weight is 269 g/mol. The highest BCUT2D eigenvalue weighted by Crippen LogP contribution is 2.02. The normalized spacial score (nSPS) is 10.1. The molecule has 0 aliphatic heterocycles. The predicted molar refractivity (Wildman–Crippen MR) is 79.2 cm³/mol. The maximum Gasteiger partial charge on any atom is 0.317 e. The number of carbonyl (C=O) groups is 1. The van der Waals surface area contributed by atoms with Gasteiger partial charge in [0.15, 0.2) is 0 Å². The van der Waals surface area contributed by atoms with Gasteiger partial charge in [0.1, 0.15) is 0 Å². The first-order valence-corrected chi connectivity index (χ1v) is 6.67. The van der Waals surface area contributed by atoms with Crippen LogP contribution in [0.15, 0.2) is 54.9 Å². The van der Waals surface area contributed by atoms with Crippen molar-refractivity contribution in [1.82, 2.24) is 15.2 Å². The number of benzene rings is 1. The van der Waals surface area contributed by atoms with Gasteiger partial charge in [-0.15, -0.1) is 0 Å². The summed E-state index contributed by atoms with van der Waals surface area (Å²) in [6, 6.07) is 13.8. The highest BCUT2D eigenvalue weighted by Gasteiger charge is 2.07. The number of amides is 2. The van der Waals surface area contributed by atoms with Gasteiger partial charge in [-0.25, -0.2) is 4.79 Å². The van der Waals surface area contributed by atoms with Gasteiger partial charge in [0.25, 0.3) is 0 Å². The summed E-state index contributed by atoms with van der Waals surface area (Å²) in [4.78, 5) is 17.7. The van der Waals surface area contributed by atoms with Crippen molar-refractivity contribution in [2.24, 2.45) is 0 Å². The quantitative estimate of drug-likeness (QED) is 0.906. The van der Waals surface area contributed by atoms with Crippen LogP contribution < -0.4 is 5.32 Å². The molecule has 0 atom stereocenters. The Balaban J connectivity index is 1.74. The number of pyridine rings is 1. The molecule has 4 nitrogen and oxygen atoms in total. The summed E-state index contributed by atoms with van der Waals surface area (Å²) in [6.45, 7) is 1.23. The monoisotopic (exact) mass is 269 g/mol. The van der Waals surface area contributed by atoms with Crippen molar-refractivity contribution in [3.05, 3.63) is 66.0 Å². The third-order valence-electron chi connectivity index (χ3n) is 3.02. The van der Waals surface area contributed by atoms with E-state index in [-0.39, 0.29) is 6.03 Å². The maximum absolute atomic E-state index is 11.9. The molecule has 1 heterocycles. The van der Waals surface area contributed by atoms with E-state index in [1.165, 1.54) is 0 Å². The van der Waals surface area contributed by atoms with Gasteiger partial charge in [0, 0.05) is 32.5 Å². The van der Waals surface area contributed by atoms with Crippen molar-refractivity contribution >= 4 is 6.03 Å². The highest BCUT2D eigenvalue weighted by molar-refractivity contribution is 5.73. The summed E-state index contributed by atoms with van der Waals surface area (Å²) >= 11 is 0. The zero-order chi connectivity index (χ0) is 14.2. The first-order valence-electron chi connectivity index (χ1n) is 6.67. The van der Waals surface area contributed by atoms with Gasteiger partial charge in [-0.3, -0.25) is 4.98 Å². The summed E-state index contributed by atoms with van der Waals surface area (Å²) < 4.78 is 0. The lowest BCUT2D eigenvalue weighted by molar-refractivity contribution is 0.207. The van der Waals surface area contributed by atoms with Crippen molar-refractivity contribution in [2.45, 2.75) is 13.0 Å². The molecule has 0 bridgehead atoms. The molecule has 0 spiro atoms. The fourth-order valence-electron chi connectivity index (χ4n) is 1.92. The second kappa shape index (κ2) is 7.28. The van der Waals surface area contributed by atoms with Crippen LogP contribution in [0.5, 0.6) is 0 Å². The second-order valence-corrected chi connectivity index (χ2v) is 4.68. The molecule has 1 aromatic heterocycles. The lowest BCUT2D eigenvalue weighted by atomic mass is 10.2. The molecule has 0 radical (unpaired) electrons. The van der Waals surface area contributed by atoms with Crippen molar-refractivity contribution in [3.63, 3.8) is 0 Å². The fourth-order valence-corrected chi connectivity index (χ4v) is 1.92. The van der Waals surface area contributed by atoms with Gasteiger partial charge in [-0.1, -0.05) is 36.4 Å². The molecular weight excluding hydrogens is 250 g/mol. The van der Waals surface area contributed by atoms with Crippen LogP contribution in [0.4, 0.5) is 4.79 Å². The molecule has 0 unspecified atom stereocenters. The number of hydrogen-bond acceptors (Lipinski definition) is 2. The molecule has 0 aliphatic carbocycles. The molecule has 2 rings (SSSR count). The van der Waals surface area contributed by atoms with E-state index >= 15 is 0 Å². The molecule has 20 heavy (non-hydrogen) atoms. The number of hydrogen-bond donors (Lipinski definition) is 1. The van der Waals surface area contributed by atoms with Crippen LogP contribution in [0, 0.1) is 0 Å². The summed E-state index contributed by atoms with van der Waals surface area (Å²) in [6.07, 6.45) is 4.36. The van der Waals surface area contributed by atoms with Crippen molar-refractivity contribution < 1.29 is 4.79 Å². The summed E-state index contributed by atoms with van der Waals surface area (Å²) in [5.74, 6) is 0. The van der Waals surface area contributed by atoms with Crippen molar-refractivity contribution in [2.75, 3.05) is 13.6 Å². The Hall–Kier alpha value is -2.36. The topological polar surface area (TPSA) is 45.2 Å². The van der Waals surface area contributed by atoms with Gasteiger partial charge >= 0.3 is 6.03 Å². The molecule has 104 valence electrons. The molecule has 0 saturated carbocycles. The Morgan fingerprint density at radius 1 is 1.15 bits per heavy atom. The molecule has 1 aromatic carbocycles. The largest absolute Gasteiger partial charge is 0.338 e. The van der Waals surface area contributed by atoms with E-state index < -0.39 is 0 Å². The Kier molecular flexibility index (Phi) is 5.12. The minimum atomic E-state index is -0.0576. The smallest absolute Gasteiger partial charge is 0.317 e. The average Bonchev–Trinajstić information content (AvgIpc) is 2.49. The molecule has 2 amide bonds. The third kappa shape index (κ3) is 4.39. The van der Waals surface area contributed by atoms with E-state index in [0.717, 1.165) is 17.5 Å². The van der Waals surface area contributed by atoms with Crippen LogP contribution in [0.1, 0.15) is 11.1 Å². The maximum atomic E-state index is 11.9. The van der Waals surface area contributed by atoms with E-state index in [1.54, 1.807) is 18.1 Å². The van der Waals surface area contributed by atoms with Gasteiger partial charge in [0.05, 0.1) is 0 Å². The van der Waals surface area contributed by atoms with Gasteiger partial charge in [-0.2, -0.15) is 0 Å². The van der Waals surface area contributed by atoms with Gasteiger partial charge in [-0.05, 0) is 23.6 Å². The number of rotatable bonds is 5. The molecule has 4 heteroatoms. The summed E-state index contributed by atoms with van der Waals surface area (Å²) in [5.41, 5.74) is 2.25. The molecule has 2 aromatic rings. The SMILES string of the molecule is CN(Cc1ccccc1)C(=O)NCCc1cccnc1. The number of carbonyl (C=O) groups excluding carboxylic acids is 1. The Bertz CT molecular complexity index is 528. The molecule has 1 N–H and O–H groups in total. The Morgan fingerprint density at radius 3 is 2.60 bits per heavy atom. The minimum Gasteiger partial charge on any atom is -0.338 e. The second-order valence-electron chi connectivity index (χ2n) is 4.68. The fraction of sp³-hybridized carbons (Fsp3) is 0.250. The van der Waals surface area contributed by atoms with Crippen LogP contribution in [0.3, 0.4) is 0 Å². The summed E-state index contributed by atoms with van der Waals surface area (Å²) in [7, 11) is 1.80. The molecule has 0 fully saturated rings. The highest BCUT2D eigenvalue weighted by atomic mass is 16.2. The van der Waals surface area contributed by atoms with E-state index in [1.807, 2.05) is 48.7 Å². The van der Waals surface area contributed by atoms with Crippen LogP contribution in [0.2, 0.25) is 0 Å². The summed E-state index contributed by atoms with van der Waals surface area (Å²) in [5, 5.41) is 2.91. The van der Waals surface area contributed by atoms with Crippen LogP contribution >= 0.6 is 0 Å². The van der Waals surface area contributed by atoms with Crippen molar-refractivity contribution in [3.8, 4) is 0 Å². The van der Waals surface area contributed by atoms with E-state index in [9.17, 15) is 4.79 Å². The zero-order valence-electron chi connectivity index (χ0n) is 11.6. The van der Waals surface area contributed by atoms with Gasteiger partial charge in [0.2, 0.25) is 0 Å². The molecular formula is C16H19N3O. The van der Waals surface area contributed by atoms with Crippen LogP contribution in [0.25, 0.3) is 0 Å². The number of nitrogens with zero attached hydrogens (tertiary/aromatic N) is 2. The number of urea groups is 1.